The van der Waals surface area contributed by atoms with E-state index in [0.717, 1.165) is 31.2 Å². The maximum absolute atomic E-state index is 13.5. The molecule has 0 bridgehead atoms. The van der Waals surface area contributed by atoms with Crippen LogP contribution in [0.1, 0.15) is 48.0 Å². The molecule has 8 heteroatoms. The van der Waals surface area contributed by atoms with Crippen LogP contribution < -0.4 is 5.56 Å². The molecule has 0 unspecified atom stereocenters. The lowest BCUT2D eigenvalue weighted by Gasteiger charge is -2.34. The summed E-state index contributed by atoms with van der Waals surface area (Å²) in [6.45, 7) is 0.991. The lowest BCUT2D eigenvalue weighted by atomic mass is 9.94. The number of amides is 2. The van der Waals surface area contributed by atoms with Crippen molar-refractivity contribution in [2.24, 2.45) is 0 Å². The van der Waals surface area contributed by atoms with Crippen molar-refractivity contribution < 1.29 is 14.3 Å². The topological polar surface area (TPSA) is 84.2 Å². The molecule has 3 heterocycles. The van der Waals surface area contributed by atoms with Gasteiger partial charge in [-0.2, -0.15) is 0 Å². The lowest BCUT2D eigenvalue weighted by Crippen LogP contribution is -2.46. The van der Waals surface area contributed by atoms with Gasteiger partial charge in [0.2, 0.25) is 5.91 Å². The maximum atomic E-state index is 13.5. The second-order valence-electron chi connectivity index (χ2n) is 9.35. The number of rotatable bonds is 5. The molecule has 1 aliphatic carbocycles. The number of hydrogen-bond donors (Lipinski definition) is 0. The summed E-state index contributed by atoms with van der Waals surface area (Å²) in [6, 6.07) is 15.2. The number of carbonyl (C=O) groups is 2. The third-order valence-electron chi connectivity index (χ3n) is 6.95. The third kappa shape index (κ3) is 5.12. The summed E-state index contributed by atoms with van der Waals surface area (Å²) in [5.41, 5.74) is 1.01. The van der Waals surface area contributed by atoms with E-state index in [1.165, 1.54) is 21.9 Å². The molecule has 2 amide bonds. The van der Waals surface area contributed by atoms with E-state index >= 15 is 0 Å². The van der Waals surface area contributed by atoms with Gasteiger partial charge in [0, 0.05) is 31.5 Å². The molecule has 0 radical (unpaired) electrons. The quantitative estimate of drug-likeness (QED) is 0.568. The Labute approximate surface area is 204 Å². The van der Waals surface area contributed by atoms with Gasteiger partial charge in [0.15, 0.2) is 0 Å². The highest BCUT2D eigenvalue weighted by atomic mass is 16.5. The van der Waals surface area contributed by atoms with Gasteiger partial charge in [-0.1, -0.05) is 55.7 Å². The highest BCUT2D eigenvalue weighted by molar-refractivity contribution is 5.96. The molecule has 5 rings (SSSR count). The van der Waals surface area contributed by atoms with E-state index in [1.807, 2.05) is 35.2 Å². The minimum Gasteiger partial charge on any atom is -0.370 e. The molecule has 1 aliphatic heterocycles. The van der Waals surface area contributed by atoms with E-state index in [1.54, 1.807) is 24.4 Å². The van der Waals surface area contributed by atoms with Crippen molar-refractivity contribution in [3.05, 3.63) is 82.4 Å². The van der Waals surface area contributed by atoms with Crippen LogP contribution in [0.25, 0.3) is 5.65 Å². The standard InChI is InChI=1S/C27H30N4O4/c32-25-18-29(26(33)23-15-28-24-13-7-8-14-30(24)27(23)34)16-22(35-19-20-9-3-1-4-10-20)17-31(25)21-11-5-2-6-12-21/h1,3-4,7-10,13-15,21-22H,2,5-6,11-12,16-19H2/t22-/m1/s1. The van der Waals surface area contributed by atoms with Crippen molar-refractivity contribution in [3.63, 3.8) is 0 Å². The Kier molecular flexibility index (Phi) is 6.90. The van der Waals surface area contributed by atoms with Crippen molar-refractivity contribution in [1.29, 1.82) is 0 Å². The van der Waals surface area contributed by atoms with Crippen LogP contribution in [0.4, 0.5) is 0 Å². The number of hydrogen-bond acceptors (Lipinski definition) is 5. The van der Waals surface area contributed by atoms with Crippen molar-refractivity contribution in [2.75, 3.05) is 19.6 Å². The Morgan fingerprint density at radius 3 is 2.54 bits per heavy atom. The summed E-state index contributed by atoms with van der Waals surface area (Å²) in [4.78, 5) is 47.5. The van der Waals surface area contributed by atoms with E-state index in [4.69, 9.17) is 4.74 Å². The van der Waals surface area contributed by atoms with Crippen LogP contribution in [-0.2, 0) is 16.1 Å². The van der Waals surface area contributed by atoms with Gasteiger partial charge in [-0.25, -0.2) is 4.98 Å². The van der Waals surface area contributed by atoms with Crippen molar-refractivity contribution >= 4 is 17.5 Å². The van der Waals surface area contributed by atoms with E-state index in [0.29, 0.717) is 18.8 Å². The Balaban J connectivity index is 1.41. The fourth-order valence-corrected chi connectivity index (χ4v) is 5.08. The summed E-state index contributed by atoms with van der Waals surface area (Å²) in [6.07, 6.45) is 7.89. The van der Waals surface area contributed by atoms with Crippen molar-refractivity contribution in [1.82, 2.24) is 19.2 Å². The van der Waals surface area contributed by atoms with Crippen LogP contribution in [0.5, 0.6) is 0 Å². The number of nitrogens with zero attached hydrogens (tertiary/aromatic N) is 4. The second-order valence-corrected chi connectivity index (χ2v) is 9.35. The molecule has 35 heavy (non-hydrogen) atoms. The molecule has 2 aromatic heterocycles. The lowest BCUT2D eigenvalue weighted by molar-refractivity contribution is -0.134. The van der Waals surface area contributed by atoms with Gasteiger partial charge in [0.1, 0.15) is 17.8 Å². The molecular weight excluding hydrogens is 444 g/mol. The fraction of sp³-hybridized carbons (Fsp3) is 0.407. The number of benzene rings is 1. The van der Waals surface area contributed by atoms with Crippen molar-refractivity contribution in [3.8, 4) is 0 Å². The van der Waals surface area contributed by atoms with E-state index in [2.05, 4.69) is 4.98 Å². The molecule has 3 aromatic rings. The smallest absolute Gasteiger partial charge is 0.270 e. The number of aromatic nitrogens is 2. The van der Waals surface area contributed by atoms with Crippen LogP contribution in [0.2, 0.25) is 0 Å². The highest BCUT2D eigenvalue weighted by Crippen LogP contribution is 2.25. The SMILES string of the molecule is O=C(c1cnc2ccccn2c1=O)N1CC(=O)N(C2CCCCC2)C[C@H](OCc2ccccc2)C1. The molecule has 1 saturated carbocycles. The summed E-state index contributed by atoms with van der Waals surface area (Å²) in [5.74, 6) is -0.585. The van der Waals surface area contributed by atoms with Crippen molar-refractivity contribution in [2.45, 2.75) is 50.9 Å². The molecule has 1 saturated heterocycles. The monoisotopic (exact) mass is 474 g/mol. The first-order valence-electron chi connectivity index (χ1n) is 12.3. The first-order chi connectivity index (χ1) is 17.1. The van der Waals surface area contributed by atoms with Crippen LogP contribution >= 0.6 is 0 Å². The maximum Gasteiger partial charge on any atom is 0.270 e. The van der Waals surface area contributed by atoms with E-state index < -0.39 is 11.5 Å². The average molecular weight is 475 g/mol. The Morgan fingerprint density at radius 1 is 0.971 bits per heavy atom. The number of fused-ring (bicyclic) bond motifs is 1. The van der Waals surface area contributed by atoms with Gasteiger partial charge in [-0.05, 0) is 30.5 Å². The molecule has 1 atom stereocenters. The first-order valence-corrected chi connectivity index (χ1v) is 12.3. The zero-order valence-corrected chi connectivity index (χ0v) is 19.7. The predicted octanol–water partition coefficient (Wildman–Crippen LogP) is 2.90. The largest absolute Gasteiger partial charge is 0.370 e. The number of carbonyl (C=O) groups excluding carboxylic acids is 2. The van der Waals surface area contributed by atoms with Crippen LogP contribution in [-0.4, -0.2) is 62.8 Å². The first kappa shape index (κ1) is 23.2. The predicted molar refractivity (Wildman–Crippen MR) is 131 cm³/mol. The minimum atomic E-state index is -0.493. The van der Waals surface area contributed by atoms with Gasteiger partial charge < -0.3 is 14.5 Å². The second kappa shape index (κ2) is 10.4. The molecule has 0 N–H and O–H groups in total. The molecule has 0 spiro atoms. The number of ether oxygens (including phenoxy) is 1. The average Bonchev–Trinajstić information content (AvgIpc) is 3.07. The van der Waals surface area contributed by atoms with Crippen LogP contribution in [0, 0.1) is 0 Å². The highest BCUT2D eigenvalue weighted by Gasteiger charge is 2.35. The zero-order chi connectivity index (χ0) is 24.2. The van der Waals surface area contributed by atoms with Gasteiger partial charge in [-0.3, -0.25) is 18.8 Å². The third-order valence-corrected chi connectivity index (χ3v) is 6.95. The number of pyridine rings is 1. The van der Waals surface area contributed by atoms with Crippen LogP contribution in [0.3, 0.4) is 0 Å². The van der Waals surface area contributed by atoms with Gasteiger partial charge in [0.25, 0.3) is 11.5 Å². The van der Waals surface area contributed by atoms with Crippen LogP contribution in [0.15, 0.2) is 65.7 Å². The molecule has 1 aromatic carbocycles. The summed E-state index contributed by atoms with van der Waals surface area (Å²) < 4.78 is 7.60. The molecule has 8 nitrogen and oxygen atoms in total. The minimum absolute atomic E-state index is 0.0468. The van der Waals surface area contributed by atoms with Gasteiger partial charge in [0.05, 0.1) is 12.7 Å². The normalized spacial score (nSPS) is 19.7. The Hall–Kier alpha value is -3.52. The molecule has 182 valence electrons. The molecule has 2 fully saturated rings. The van der Waals surface area contributed by atoms with E-state index in [-0.39, 0.29) is 36.7 Å². The summed E-state index contributed by atoms with van der Waals surface area (Å²) in [5, 5.41) is 0. The summed E-state index contributed by atoms with van der Waals surface area (Å²) in [7, 11) is 0. The Morgan fingerprint density at radius 2 is 1.74 bits per heavy atom. The van der Waals surface area contributed by atoms with Gasteiger partial charge in [-0.15, -0.1) is 0 Å². The summed E-state index contributed by atoms with van der Waals surface area (Å²) >= 11 is 0. The zero-order valence-electron chi connectivity index (χ0n) is 19.7. The van der Waals surface area contributed by atoms with Gasteiger partial charge >= 0.3 is 0 Å². The molecule has 2 aliphatic rings. The Bertz CT molecular complexity index is 1250. The molecular formula is C27H30N4O4. The fourth-order valence-electron chi connectivity index (χ4n) is 5.08. The van der Waals surface area contributed by atoms with E-state index in [9.17, 15) is 14.4 Å².